The lowest BCUT2D eigenvalue weighted by Crippen LogP contribution is -2.13. The molecular weight excluding hydrogens is 286 g/mol. The number of para-hydroxylation sites is 1. The van der Waals surface area contributed by atoms with Crippen LogP contribution in [-0.2, 0) is 7.05 Å². The molecule has 0 unspecified atom stereocenters. The fourth-order valence-corrected chi connectivity index (χ4v) is 2.45. The second-order valence-electron chi connectivity index (χ2n) is 5.21. The normalized spacial score (nSPS) is 10.9. The first kappa shape index (κ1) is 14.3. The lowest BCUT2D eigenvalue weighted by molar-refractivity contribution is 0.102. The van der Waals surface area contributed by atoms with E-state index in [4.69, 9.17) is 0 Å². The van der Waals surface area contributed by atoms with E-state index in [0.717, 1.165) is 23.0 Å². The van der Waals surface area contributed by atoms with Crippen molar-refractivity contribution in [1.29, 1.82) is 0 Å². The number of rotatable bonds is 2. The van der Waals surface area contributed by atoms with Gasteiger partial charge >= 0.3 is 0 Å². The van der Waals surface area contributed by atoms with E-state index in [1.54, 1.807) is 6.20 Å². The highest BCUT2D eigenvalue weighted by Crippen LogP contribution is 2.23. The van der Waals surface area contributed by atoms with Crippen LogP contribution in [0.1, 0.15) is 15.9 Å². The molecular formula is C17H14F2N2O. The molecule has 1 heterocycles. The van der Waals surface area contributed by atoms with E-state index < -0.39 is 17.5 Å². The molecule has 22 heavy (non-hydrogen) atoms. The van der Waals surface area contributed by atoms with Crippen LogP contribution in [0.2, 0.25) is 0 Å². The van der Waals surface area contributed by atoms with E-state index in [9.17, 15) is 13.6 Å². The van der Waals surface area contributed by atoms with E-state index in [0.29, 0.717) is 5.56 Å². The van der Waals surface area contributed by atoms with Gasteiger partial charge in [0.2, 0.25) is 0 Å². The molecule has 0 spiro atoms. The Labute approximate surface area is 126 Å². The Morgan fingerprint density at radius 1 is 1.14 bits per heavy atom. The zero-order valence-electron chi connectivity index (χ0n) is 12.2. The summed E-state index contributed by atoms with van der Waals surface area (Å²) in [6.07, 6.45) is 1.67. The van der Waals surface area contributed by atoms with Crippen molar-refractivity contribution >= 4 is 22.5 Å². The molecule has 1 amide bonds. The minimum absolute atomic E-state index is 0.166. The van der Waals surface area contributed by atoms with Gasteiger partial charge in [-0.1, -0.05) is 18.2 Å². The van der Waals surface area contributed by atoms with Gasteiger partial charge in [0.1, 0.15) is 11.6 Å². The first-order valence-corrected chi connectivity index (χ1v) is 6.78. The van der Waals surface area contributed by atoms with Crippen LogP contribution >= 0.6 is 0 Å². The Balaban J connectivity index is 1.99. The molecule has 112 valence electrons. The maximum absolute atomic E-state index is 13.8. The van der Waals surface area contributed by atoms with Crippen molar-refractivity contribution in [2.75, 3.05) is 5.32 Å². The number of carbonyl (C=O) groups excluding carboxylic acids is 1. The van der Waals surface area contributed by atoms with Crippen LogP contribution in [0.3, 0.4) is 0 Å². The Morgan fingerprint density at radius 3 is 2.64 bits per heavy atom. The van der Waals surface area contributed by atoms with E-state index in [-0.39, 0.29) is 11.3 Å². The van der Waals surface area contributed by atoms with Crippen LogP contribution in [0.5, 0.6) is 0 Å². The number of halogens is 2. The van der Waals surface area contributed by atoms with Crippen LogP contribution in [-0.4, -0.2) is 10.5 Å². The van der Waals surface area contributed by atoms with Crippen LogP contribution in [0.15, 0.2) is 42.6 Å². The average molecular weight is 300 g/mol. The molecule has 2 aromatic carbocycles. The third kappa shape index (κ3) is 2.35. The number of hydrogen-bond donors (Lipinski definition) is 1. The smallest absolute Gasteiger partial charge is 0.257 e. The quantitative estimate of drug-likeness (QED) is 0.762. The van der Waals surface area contributed by atoms with Crippen LogP contribution in [0.25, 0.3) is 10.9 Å². The van der Waals surface area contributed by atoms with Gasteiger partial charge in [0.25, 0.3) is 5.91 Å². The molecule has 0 saturated heterocycles. The number of nitrogens with one attached hydrogen (secondary N) is 1. The molecule has 0 fully saturated rings. The molecule has 5 heteroatoms. The number of hydrogen-bond acceptors (Lipinski definition) is 1. The van der Waals surface area contributed by atoms with Crippen LogP contribution in [0.4, 0.5) is 14.5 Å². The average Bonchev–Trinajstić information content (AvgIpc) is 2.83. The van der Waals surface area contributed by atoms with Crippen LogP contribution < -0.4 is 5.32 Å². The Bertz CT molecular complexity index is 884. The second kappa shape index (κ2) is 5.26. The van der Waals surface area contributed by atoms with Crippen molar-refractivity contribution in [3.8, 4) is 0 Å². The Morgan fingerprint density at radius 2 is 1.86 bits per heavy atom. The van der Waals surface area contributed by atoms with Gasteiger partial charge in [-0.05, 0) is 24.6 Å². The zero-order valence-corrected chi connectivity index (χ0v) is 12.2. The predicted octanol–water partition coefficient (Wildman–Crippen LogP) is 4.02. The van der Waals surface area contributed by atoms with E-state index >= 15 is 0 Å². The molecule has 0 aliphatic heterocycles. The van der Waals surface area contributed by atoms with Gasteiger partial charge < -0.3 is 9.88 Å². The molecule has 3 rings (SSSR count). The Hall–Kier alpha value is -2.69. The summed E-state index contributed by atoms with van der Waals surface area (Å²) in [7, 11) is 1.82. The summed E-state index contributed by atoms with van der Waals surface area (Å²) >= 11 is 0. The largest absolute Gasteiger partial charge is 0.350 e. The topological polar surface area (TPSA) is 34.0 Å². The minimum Gasteiger partial charge on any atom is -0.350 e. The highest BCUT2D eigenvalue weighted by Gasteiger charge is 2.16. The maximum atomic E-state index is 13.8. The highest BCUT2D eigenvalue weighted by molar-refractivity contribution is 6.13. The van der Waals surface area contributed by atoms with E-state index in [2.05, 4.69) is 5.32 Å². The predicted molar refractivity (Wildman–Crippen MR) is 82.0 cm³/mol. The van der Waals surface area contributed by atoms with Gasteiger partial charge in [-0.2, -0.15) is 0 Å². The fourth-order valence-electron chi connectivity index (χ4n) is 2.45. The third-order valence-corrected chi connectivity index (χ3v) is 3.64. The number of nitrogens with zero attached hydrogens (tertiary/aromatic N) is 1. The molecule has 0 radical (unpaired) electrons. The van der Waals surface area contributed by atoms with Crippen molar-refractivity contribution in [2.24, 2.45) is 7.05 Å². The number of aromatic nitrogens is 1. The summed E-state index contributed by atoms with van der Waals surface area (Å²) in [6, 6.07) is 9.46. The zero-order chi connectivity index (χ0) is 15.9. The molecule has 0 saturated carbocycles. The van der Waals surface area contributed by atoms with Gasteiger partial charge in [-0.25, -0.2) is 8.78 Å². The summed E-state index contributed by atoms with van der Waals surface area (Å²) in [5.41, 5.74) is 1.34. The van der Waals surface area contributed by atoms with Gasteiger partial charge in [-0.15, -0.1) is 0 Å². The third-order valence-electron chi connectivity index (χ3n) is 3.64. The van der Waals surface area contributed by atoms with E-state index in [1.165, 1.54) is 6.92 Å². The van der Waals surface area contributed by atoms with Gasteiger partial charge in [0.05, 0.1) is 11.3 Å². The monoisotopic (exact) mass is 300 g/mol. The van der Waals surface area contributed by atoms with Gasteiger partial charge in [-0.3, -0.25) is 4.79 Å². The molecule has 3 nitrogen and oxygen atoms in total. The van der Waals surface area contributed by atoms with Crippen molar-refractivity contribution in [3.05, 3.63) is 65.4 Å². The molecule has 1 N–H and O–H groups in total. The standard InChI is InChI=1S/C17H14F2N2O/c1-10-7-14(19)15(8-13(10)18)20-17(22)12-9-21(2)16-6-4-3-5-11(12)16/h3-9H,1-2H3,(H,20,22). The number of amides is 1. The van der Waals surface area contributed by atoms with Gasteiger partial charge in [0, 0.05) is 30.2 Å². The summed E-state index contributed by atoms with van der Waals surface area (Å²) in [5, 5.41) is 3.19. The van der Waals surface area contributed by atoms with Crippen molar-refractivity contribution in [3.63, 3.8) is 0 Å². The summed E-state index contributed by atoms with van der Waals surface area (Å²) in [6.45, 7) is 1.47. The van der Waals surface area contributed by atoms with Gasteiger partial charge in [0.15, 0.2) is 0 Å². The number of aryl methyl sites for hydroxylation is 2. The van der Waals surface area contributed by atoms with Crippen molar-refractivity contribution < 1.29 is 13.6 Å². The lowest BCUT2D eigenvalue weighted by Gasteiger charge is -2.07. The number of benzene rings is 2. The first-order chi connectivity index (χ1) is 10.5. The summed E-state index contributed by atoms with van der Waals surface area (Å²) < 4.78 is 29.2. The molecule has 1 aromatic heterocycles. The summed E-state index contributed by atoms with van der Waals surface area (Å²) in [5.74, 6) is -1.69. The molecule has 0 aliphatic carbocycles. The minimum atomic E-state index is -0.660. The second-order valence-corrected chi connectivity index (χ2v) is 5.21. The molecule has 0 bridgehead atoms. The molecule has 3 aromatic rings. The maximum Gasteiger partial charge on any atom is 0.257 e. The summed E-state index contributed by atoms with van der Waals surface area (Å²) in [4.78, 5) is 12.4. The van der Waals surface area contributed by atoms with Crippen molar-refractivity contribution in [1.82, 2.24) is 4.57 Å². The fraction of sp³-hybridized carbons (Fsp3) is 0.118. The van der Waals surface area contributed by atoms with Crippen molar-refractivity contribution in [2.45, 2.75) is 6.92 Å². The molecule has 0 aliphatic rings. The SMILES string of the molecule is Cc1cc(F)c(NC(=O)c2cn(C)c3ccccc23)cc1F. The Kier molecular flexibility index (Phi) is 3.41. The number of carbonyl (C=O) groups is 1. The lowest BCUT2D eigenvalue weighted by atomic mass is 10.1. The van der Waals surface area contributed by atoms with E-state index in [1.807, 2.05) is 35.9 Å². The highest BCUT2D eigenvalue weighted by atomic mass is 19.1. The molecule has 0 atom stereocenters. The van der Waals surface area contributed by atoms with Crippen LogP contribution in [0, 0.1) is 18.6 Å². The number of fused-ring (bicyclic) bond motifs is 1. The first-order valence-electron chi connectivity index (χ1n) is 6.78. The number of anilines is 1.